The lowest BCUT2D eigenvalue weighted by Crippen LogP contribution is -1.98. The largest absolute Gasteiger partial charge is 0.485 e. The smallest absolute Gasteiger partial charge is 0.160 e. The minimum absolute atomic E-state index is 0.460. The number of rotatable bonds is 3. The first kappa shape index (κ1) is 15.8. The Morgan fingerprint density at radius 2 is 1.77 bits per heavy atom. The van der Waals surface area contributed by atoms with Crippen LogP contribution >= 0.6 is 43.5 Å². The van der Waals surface area contributed by atoms with E-state index in [1.165, 1.54) is 0 Å². The second kappa shape index (κ2) is 6.57. The van der Waals surface area contributed by atoms with Crippen molar-refractivity contribution < 1.29 is 4.74 Å². The lowest BCUT2D eigenvalue weighted by molar-refractivity contribution is 0.307. The van der Waals surface area contributed by atoms with Crippen molar-refractivity contribution in [3.63, 3.8) is 0 Å². The Bertz CT molecular complexity index is 834. The van der Waals surface area contributed by atoms with Gasteiger partial charge in [0, 0.05) is 20.6 Å². The zero-order valence-corrected chi connectivity index (χ0v) is 15.7. The van der Waals surface area contributed by atoms with Crippen molar-refractivity contribution >= 4 is 54.4 Å². The summed E-state index contributed by atoms with van der Waals surface area (Å²) in [5.74, 6) is 0.747. The van der Waals surface area contributed by atoms with Crippen LogP contribution in [-0.4, -0.2) is 4.98 Å². The van der Waals surface area contributed by atoms with Crippen LogP contribution in [0.4, 0.5) is 0 Å². The highest BCUT2D eigenvalue weighted by molar-refractivity contribution is 9.11. The van der Waals surface area contributed by atoms with Crippen LogP contribution in [-0.2, 0) is 6.61 Å². The first-order valence-electron chi connectivity index (χ1n) is 6.67. The zero-order valence-electron chi connectivity index (χ0n) is 11.7. The van der Waals surface area contributed by atoms with E-state index in [1.807, 2.05) is 49.4 Å². The van der Waals surface area contributed by atoms with Crippen LogP contribution in [0.2, 0.25) is 5.02 Å². The summed E-state index contributed by atoms with van der Waals surface area (Å²) in [5.41, 5.74) is 2.85. The van der Waals surface area contributed by atoms with E-state index >= 15 is 0 Å². The Balaban J connectivity index is 1.99. The predicted octanol–water partition coefficient (Wildman–Crippen LogP) is 6.30. The van der Waals surface area contributed by atoms with Crippen molar-refractivity contribution in [2.45, 2.75) is 13.5 Å². The Hall–Kier alpha value is -1.10. The topological polar surface area (TPSA) is 22.1 Å². The molecule has 0 amide bonds. The van der Waals surface area contributed by atoms with Gasteiger partial charge in [0.2, 0.25) is 0 Å². The Kier molecular flexibility index (Phi) is 4.71. The van der Waals surface area contributed by atoms with Gasteiger partial charge in [0.25, 0.3) is 0 Å². The molecule has 112 valence electrons. The third kappa shape index (κ3) is 3.29. The number of hydrogen-bond acceptors (Lipinski definition) is 2. The summed E-state index contributed by atoms with van der Waals surface area (Å²) in [6.07, 6.45) is 0. The molecule has 0 N–H and O–H groups in total. The maximum Gasteiger partial charge on any atom is 0.160 e. The molecule has 0 saturated heterocycles. The zero-order chi connectivity index (χ0) is 15.7. The van der Waals surface area contributed by atoms with Crippen LogP contribution in [0, 0.1) is 6.92 Å². The van der Waals surface area contributed by atoms with Gasteiger partial charge in [-0.05, 0) is 58.7 Å². The molecule has 0 aliphatic rings. The Morgan fingerprint density at radius 3 is 2.50 bits per heavy atom. The minimum atomic E-state index is 0.460. The number of aromatic nitrogens is 1. The van der Waals surface area contributed by atoms with Gasteiger partial charge in [-0.25, -0.2) is 4.98 Å². The third-order valence-corrected chi connectivity index (χ3v) is 4.77. The summed E-state index contributed by atoms with van der Waals surface area (Å²) in [5, 5.41) is 1.75. The standard InChI is InChI=1S/C17H12Br2ClNO/c1-10-2-7-13-14(18)8-15(19)17(16(13)21-10)22-9-11-3-5-12(20)6-4-11/h2-8H,9H2,1H3. The molecule has 3 rings (SSSR count). The van der Waals surface area contributed by atoms with E-state index in [0.29, 0.717) is 6.61 Å². The normalized spacial score (nSPS) is 10.9. The fourth-order valence-corrected chi connectivity index (χ4v) is 3.68. The first-order valence-corrected chi connectivity index (χ1v) is 8.63. The second-order valence-electron chi connectivity index (χ2n) is 4.93. The summed E-state index contributed by atoms with van der Waals surface area (Å²) in [4.78, 5) is 4.62. The van der Waals surface area contributed by atoms with Crippen molar-refractivity contribution in [3.05, 3.63) is 67.7 Å². The maximum absolute atomic E-state index is 6.01. The molecule has 0 saturated carbocycles. The molecule has 1 heterocycles. The summed E-state index contributed by atoms with van der Waals surface area (Å²) in [7, 11) is 0. The monoisotopic (exact) mass is 439 g/mol. The van der Waals surface area contributed by atoms with Gasteiger partial charge < -0.3 is 4.74 Å². The summed E-state index contributed by atoms with van der Waals surface area (Å²) >= 11 is 13.0. The van der Waals surface area contributed by atoms with Gasteiger partial charge in [0.1, 0.15) is 12.1 Å². The van der Waals surface area contributed by atoms with E-state index in [1.54, 1.807) is 0 Å². The lowest BCUT2D eigenvalue weighted by atomic mass is 10.2. The average Bonchev–Trinajstić information content (AvgIpc) is 2.48. The fourth-order valence-electron chi connectivity index (χ4n) is 2.16. The Labute approximate surface area is 150 Å². The van der Waals surface area contributed by atoms with E-state index in [0.717, 1.165) is 41.9 Å². The molecule has 0 bridgehead atoms. The van der Waals surface area contributed by atoms with Gasteiger partial charge in [-0.1, -0.05) is 39.7 Å². The predicted molar refractivity (Wildman–Crippen MR) is 97.7 cm³/mol. The summed E-state index contributed by atoms with van der Waals surface area (Å²) in [6.45, 7) is 2.43. The van der Waals surface area contributed by atoms with E-state index in [4.69, 9.17) is 16.3 Å². The van der Waals surface area contributed by atoms with Crippen LogP contribution in [0.25, 0.3) is 10.9 Å². The molecule has 0 spiro atoms. The van der Waals surface area contributed by atoms with Crippen LogP contribution in [0.15, 0.2) is 51.4 Å². The minimum Gasteiger partial charge on any atom is -0.485 e. The van der Waals surface area contributed by atoms with Crippen molar-refractivity contribution in [1.82, 2.24) is 4.98 Å². The molecule has 0 aliphatic carbocycles. The molecular weight excluding hydrogens is 429 g/mol. The van der Waals surface area contributed by atoms with Crippen molar-refractivity contribution in [2.75, 3.05) is 0 Å². The van der Waals surface area contributed by atoms with Crippen LogP contribution in [0.1, 0.15) is 11.3 Å². The van der Waals surface area contributed by atoms with Gasteiger partial charge in [0.15, 0.2) is 5.75 Å². The summed E-state index contributed by atoms with van der Waals surface area (Å²) < 4.78 is 7.87. The van der Waals surface area contributed by atoms with E-state index in [-0.39, 0.29) is 0 Å². The van der Waals surface area contributed by atoms with E-state index in [9.17, 15) is 0 Å². The average molecular weight is 442 g/mol. The van der Waals surface area contributed by atoms with Crippen molar-refractivity contribution in [2.24, 2.45) is 0 Å². The van der Waals surface area contributed by atoms with Crippen molar-refractivity contribution in [1.29, 1.82) is 0 Å². The second-order valence-corrected chi connectivity index (χ2v) is 7.08. The number of halogens is 3. The van der Waals surface area contributed by atoms with Gasteiger partial charge in [-0.2, -0.15) is 0 Å². The highest BCUT2D eigenvalue weighted by Crippen LogP contribution is 2.38. The molecule has 0 atom stereocenters. The van der Waals surface area contributed by atoms with Crippen LogP contribution in [0.3, 0.4) is 0 Å². The highest BCUT2D eigenvalue weighted by Gasteiger charge is 2.12. The Morgan fingerprint density at radius 1 is 1.05 bits per heavy atom. The van der Waals surface area contributed by atoms with Crippen molar-refractivity contribution in [3.8, 4) is 5.75 Å². The van der Waals surface area contributed by atoms with Crippen LogP contribution in [0.5, 0.6) is 5.75 Å². The molecule has 0 fully saturated rings. The van der Waals surface area contributed by atoms with E-state index < -0.39 is 0 Å². The number of ether oxygens (including phenoxy) is 1. The number of benzene rings is 2. The lowest BCUT2D eigenvalue weighted by Gasteiger charge is -2.13. The number of aryl methyl sites for hydroxylation is 1. The highest BCUT2D eigenvalue weighted by atomic mass is 79.9. The molecule has 2 nitrogen and oxygen atoms in total. The molecule has 5 heteroatoms. The molecule has 0 radical (unpaired) electrons. The first-order chi connectivity index (χ1) is 10.5. The number of hydrogen-bond donors (Lipinski definition) is 0. The number of nitrogens with zero attached hydrogens (tertiary/aromatic N) is 1. The molecular formula is C17H12Br2ClNO. The van der Waals surface area contributed by atoms with Gasteiger partial charge >= 0.3 is 0 Å². The number of pyridine rings is 1. The van der Waals surface area contributed by atoms with Gasteiger partial charge in [-0.15, -0.1) is 0 Å². The fraction of sp³-hybridized carbons (Fsp3) is 0.118. The van der Waals surface area contributed by atoms with Gasteiger partial charge in [0.05, 0.1) is 4.47 Å². The molecule has 3 aromatic rings. The molecule has 2 aromatic carbocycles. The molecule has 1 aromatic heterocycles. The molecule has 22 heavy (non-hydrogen) atoms. The van der Waals surface area contributed by atoms with Gasteiger partial charge in [-0.3, -0.25) is 0 Å². The molecule has 0 unspecified atom stereocenters. The third-order valence-electron chi connectivity index (χ3n) is 3.27. The quantitative estimate of drug-likeness (QED) is 0.476. The maximum atomic E-state index is 6.01. The molecule has 0 aliphatic heterocycles. The summed E-state index contributed by atoms with van der Waals surface area (Å²) in [6, 6.07) is 13.6. The van der Waals surface area contributed by atoms with E-state index in [2.05, 4.69) is 36.8 Å². The number of fused-ring (bicyclic) bond motifs is 1. The SMILES string of the molecule is Cc1ccc2c(Br)cc(Br)c(OCc3ccc(Cl)cc3)c2n1. The van der Waals surface area contributed by atoms with Crippen LogP contribution < -0.4 is 4.74 Å².